The van der Waals surface area contributed by atoms with E-state index in [-0.39, 0.29) is 5.90 Å². The molecule has 11 heteroatoms. The smallest absolute Gasteiger partial charge is 0.323 e. The second kappa shape index (κ2) is 13.8. The van der Waals surface area contributed by atoms with E-state index in [1.807, 2.05) is 24.3 Å². The van der Waals surface area contributed by atoms with E-state index in [2.05, 4.69) is 32.2 Å². The predicted molar refractivity (Wildman–Crippen MR) is 158 cm³/mol. The Morgan fingerprint density at radius 1 is 1.02 bits per heavy atom. The van der Waals surface area contributed by atoms with Crippen LogP contribution in [0.5, 0.6) is 17.2 Å². The van der Waals surface area contributed by atoms with Crippen LogP contribution in [0, 0.1) is 0 Å². The van der Waals surface area contributed by atoms with Crippen LogP contribution in [-0.4, -0.2) is 71.1 Å². The first-order chi connectivity index (χ1) is 19.4. The van der Waals surface area contributed by atoms with E-state index in [9.17, 15) is 4.79 Å². The minimum absolute atomic E-state index is 0.273. The number of carbonyl (C=O) groups is 1. The Morgan fingerprint density at radius 3 is 2.35 bits per heavy atom. The van der Waals surface area contributed by atoms with Gasteiger partial charge in [-0.1, -0.05) is 23.7 Å². The van der Waals surface area contributed by atoms with Crippen molar-refractivity contribution in [1.29, 1.82) is 0 Å². The molecular weight excluding hydrogens is 534 g/mol. The number of nitrogens with zero attached hydrogens (tertiary/aromatic N) is 3. The molecule has 1 aliphatic heterocycles. The zero-order valence-electron chi connectivity index (χ0n) is 22.7. The third-order valence-electron chi connectivity index (χ3n) is 6.23. The number of amides is 2. The number of hydrogen-bond acceptors (Lipinski definition) is 8. The first kappa shape index (κ1) is 28.9. The SMILES string of the molecule is C=Nc1cc(OC)c(OC)cc1/C(=N\C)Oc1ccc(NC(=O)Nc2ccc(CN3CCOCC3)cc2)c(Cl)c1. The van der Waals surface area contributed by atoms with Crippen molar-refractivity contribution < 1.29 is 23.7 Å². The molecule has 0 atom stereocenters. The Kier molecular flexibility index (Phi) is 9.96. The number of aliphatic imine (C=N–C) groups is 2. The van der Waals surface area contributed by atoms with Gasteiger partial charge in [-0.2, -0.15) is 0 Å². The summed E-state index contributed by atoms with van der Waals surface area (Å²) in [5, 5.41) is 5.89. The maximum absolute atomic E-state index is 12.6. The lowest BCUT2D eigenvalue weighted by molar-refractivity contribution is 0.0342. The fourth-order valence-corrected chi connectivity index (χ4v) is 4.38. The normalized spacial score (nSPS) is 13.8. The Morgan fingerprint density at radius 2 is 1.73 bits per heavy atom. The van der Waals surface area contributed by atoms with Gasteiger partial charge in [-0.05, 0) is 42.6 Å². The van der Waals surface area contributed by atoms with Crippen molar-refractivity contribution in [2.45, 2.75) is 6.54 Å². The van der Waals surface area contributed by atoms with Crippen molar-refractivity contribution in [3.8, 4) is 17.2 Å². The Hall–Kier alpha value is -4.12. The molecule has 1 aliphatic rings. The molecule has 0 aromatic heterocycles. The van der Waals surface area contributed by atoms with Gasteiger partial charge in [0, 0.05) is 44.5 Å². The standard InChI is InChI=1S/C29H32ClN5O5/c1-31-25-17-27(38-4)26(37-3)16-22(25)28(32-2)40-21-9-10-24(23(30)15-21)34-29(36)33-20-7-5-19(6-8-20)18-35-11-13-39-14-12-35/h5-10,15-17H,1,11-14,18H2,2-4H3,(H2,33,34,36)/b32-28+. The number of hydrogen-bond donors (Lipinski definition) is 2. The fraction of sp³-hybridized carbons (Fsp3) is 0.276. The quantitative estimate of drug-likeness (QED) is 0.258. The van der Waals surface area contributed by atoms with Crippen LogP contribution in [0.2, 0.25) is 5.02 Å². The molecular formula is C29H32ClN5O5. The number of morpholine rings is 1. The zero-order valence-corrected chi connectivity index (χ0v) is 23.5. The molecule has 1 fully saturated rings. The highest BCUT2D eigenvalue weighted by atomic mass is 35.5. The summed E-state index contributed by atoms with van der Waals surface area (Å²) in [6.07, 6.45) is 0. The fourth-order valence-electron chi connectivity index (χ4n) is 4.16. The number of nitrogens with one attached hydrogen (secondary N) is 2. The van der Waals surface area contributed by atoms with E-state index in [1.165, 1.54) is 19.8 Å². The first-order valence-electron chi connectivity index (χ1n) is 12.6. The minimum Gasteiger partial charge on any atom is -0.493 e. The molecule has 3 aromatic carbocycles. The van der Waals surface area contributed by atoms with E-state index in [1.54, 1.807) is 37.4 Å². The van der Waals surface area contributed by atoms with Crippen LogP contribution in [0.4, 0.5) is 21.9 Å². The van der Waals surface area contributed by atoms with Gasteiger partial charge in [-0.3, -0.25) is 14.9 Å². The molecule has 10 nitrogen and oxygen atoms in total. The van der Waals surface area contributed by atoms with Gasteiger partial charge in [0.2, 0.25) is 5.90 Å². The molecule has 2 amide bonds. The summed E-state index contributed by atoms with van der Waals surface area (Å²) in [4.78, 5) is 23.3. The van der Waals surface area contributed by atoms with Gasteiger partial charge >= 0.3 is 6.03 Å². The molecule has 0 aliphatic carbocycles. The van der Waals surface area contributed by atoms with Gasteiger partial charge in [0.05, 0.1) is 49.4 Å². The highest BCUT2D eigenvalue weighted by Crippen LogP contribution is 2.36. The van der Waals surface area contributed by atoms with Crippen molar-refractivity contribution in [2.75, 3.05) is 58.2 Å². The average molecular weight is 566 g/mol. The molecule has 4 rings (SSSR count). The van der Waals surface area contributed by atoms with Crippen molar-refractivity contribution in [3.63, 3.8) is 0 Å². The summed E-state index contributed by atoms with van der Waals surface area (Å²) in [6, 6.07) is 15.6. The minimum atomic E-state index is -0.417. The Labute approximate surface area is 238 Å². The summed E-state index contributed by atoms with van der Waals surface area (Å²) < 4.78 is 22.1. The van der Waals surface area contributed by atoms with Crippen molar-refractivity contribution in [3.05, 3.63) is 70.7 Å². The van der Waals surface area contributed by atoms with Crippen LogP contribution in [0.25, 0.3) is 0 Å². The third kappa shape index (κ3) is 7.29. The summed E-state index contributed by atoms with van der Waals surface area (Å²) in [7, 11) is 4.67. The van der Waals surface area contributed by atoms with E-state index < -0.39 is 6.03 Å². The number of halogens is 1. The molecule has 210 valence electrons. The van der Waals surface area contributed by atoms with Gasteiger partial charge in [-0.25, -0.2) is 4.79 Å². The van der Waals surface area contributed by atoms with E-state index in [0.29, 0.717) is 44.9 Å². The lowest BCUT2D eigenvalue weighted by atomic mass is 10.1. The monoisotopic (exact) mass is 565 g/mol. The molecule has 40 heavy (non-hydrogen) atoms. The summed E-state index contributed by atoms with van der Waals surface area (Å²) >= 11 is 6.47. The number of methoxy groups -OCH3 is 2. The van der Waals surface area contributed by atoms with E-state index in [4.69, 9.17) is 30.5 Å². The van der Waals surface area contributed by atoms with Gasteiger partial charge in [0.15, 0.2) is 11.5 Å². The summed E-state index contributed by atoms with van der Waals surface area (Å²) in [5.74, 6) is 1.68. The van der Waals surface area contributed by atoms with Crippen LogP contribution >= 0.6 is 11.6 Å². The van der Waals surface area contributed by atoms with Crippen LogP contribution < -0.4 is 24.8 Å². The van der Waals surface area contributed by atoms with Crippen LogP contribution in [0.3, 0.4) is 0 Å². The maximum Gasteiger partial charge on any atom is 0.323 e. The largest absolute Gasteiger partial charge is 0.493 e. The molecule has 3 aromatic rings. The molecule has 0 saturated carbocycles. The Balaban J connectivity index is 1.39. The third-order valence-corrected chi connectivity index (χ3v) is 6.54. The van der Waals surface area contributed by atoms with Crippen molar-refractivity contribution in [1.82, 2.24) is 4.90 Å². The van der Waals surface area contributed by atoms with Crippen LogP contribution in [0.1, 0.15) is 11.1 Å². The highest BCUT2D eigenvalue weighted by molar-refractivity contribution is 6.34. The topological polar surface area (TPSA) is 106 Å². The second-order valence-electron chi connectivity index (χ2n) is 8.82. The van der Waals surface area contributed by atoms with Gasteiger partial charge < -0.3 is 29.6 Å². The molecule has 0 bridgehead atoms. The molecule has 0 unspecified atom stereocenters. The predicted octanol–water partition coefficient (Wildman–Crippen LogP) is 5.62. The van der Waals surface area contributed by atoms with Crippen molar-refractivity contribution >= 4 is 47.3 Å². The summed E-state index contributed by atoms with van der Waals surface area (Å²) in [5.41, 5.74) is 3.33. The number of carbonyl (C=O) groups excluding carboxylic acids is 1. The Bertz CT molecular complexity index is 1370. The highest BCUT2D eigenvalue weighted by Gasteiger charge is 2.18. The van der Waals surface area contributed by atoms with Crippen molar-refractivity contribution in [2.24, 2.45) is 9.98 Å². The average Bonchev–Trinajstić information content (AvgIpc) is 2.98. The molecule has 2 N–H and O–H groups in total. The number of rotatable bonds is 9. The molecule has 0 radical (unpaired) electrons. The summed E-state index contributed by atoms with van der Waals surface area (Å²) in [6.45, 7) is 7.83. The number of ether oxygens (including phenoxy) is 4. The van der Waals surface area contributed by atoms with Gasteiger partial charge in [0.25, 0.3) is 0 Å². The van der Waals surface area contributed by atoms with Gasteiger partial charge in [-0.15, -0.1) is 0 Å². The van der Waals surface area contributed by atoms with E-state index in [0.717, 1.165) is 32.8 Å². The zero-order chi connectivity index (χ0) is 28.5. The lowest BCUT2D eigenvalue weighted by Gasteiger charge is -2.26. The molecule has 0 spiro atoms. The van der Waals surface area contributed by atoms with Crippen LogP contribution in [0.15, 0.2) is 64.6 Å². The van der Waals surface area contributed by atoms with Gasteiger partial charge in [0.1, 0.15) is 5.75 Å². The molecule has 1 saturated heterocycles. The number of anilines is 2. The number of benzene rings is 3. The number of urea groups is 1. The van der Waals surface area contributed by atoms with Crippen LogP contribution in [-0.2, 0) is 11.3 Å². The maximum atomic E-state index is 12.6. The molecule has 1 heterocycles. The van der Waals surface area contributed by atoms with E-state index >= 15 is 0 Å². The first-order valence-corrected chi connectivity index (χ1v) is 13.0. The lowest BCUT2D eigenvalue weighted by Crippen LogP contribution is -2.35. The second-order valence-corrected chi connectivity index (χ2v) is 9.23.